The van der Waals surface area contributed by atoms with Crippen LogP contribution in [0, 0.1) is 0 Å². The summed E-state index contributed by atoms with van der Waals surface area (Å²) in [5, 5.41) is 8.94. The number of halogens is 1. The van der Waals surface area contributed by atoms with Gasteiger partial charge in [-0.15, -0.1) is 0 Å². The van der Waals surface area contributed by atoms with E-state index in [0.29, 0.717) is 34.4 Å². The monoisotopic (exact) mass is 428 g/mol. The van der Waals surface area contributed by atoms with E-state index in [-0.39, 0.29) is 5.69 Å². The molecule has 1 heterocycles. The Bertz CT molecular complexity index is 1050. The fourth-order valence-corrected chi connectivity index (χ4v) is 2.85. The van der Waals surface area contributed by atoms with Crippen molar-refractivity contribution in [1.29, 1.82) is 0 Å². The Hall–Kier alpha value is -3.52. The molecule has 1 aromatic heterocycles. The maximum Gasteiger partial charge on any atom is 0.291 e. The summed E-state index contributed by atoms with van der Waals surface area (Å²) in [6, 6.07) is 12.4. The number of hydrogen-bond donors (Lipinski definition) is 1. The first-order valence-corrected chi connectivity index (χ1v) is 9.33. The van der Waals surface area contributed by atoms with Crippen molar-refractivity contribution in [2.75, 3.05) is 21.3 Å². The van der Waals surface area contributed by atoms with Crippen LogP contribution in [0.2, 0.25) is 5.02 Å². The number of hydrazone groups is 1. The third-order valence-electron chi connectivity index (χ3n) is 4.24. The summed E-state index contributed by atoms with van der Waals surface area (Å²) >= 11 is 5.89. The largest absolute Gasteiger partial charge is 0.496 e. The van der Waals surface area contributed by atoms with Crippen LogP contribution < -0.4 is 19.6 Å². The first kappa shape index (κ1) is 21.2. The Morgan fingerprint density at radius 1 is 1.07 bits per heavy atom. The molecule has 0 saturated carbocycles. The lowest BCUT2D eigenvalue weighted by atomic mass is 10.2. The van der Waals surface area contributed by atoms with Gasteiger partial charge in [0.1, 0.15) is 5.75 Å². The molecule has 0 unspecified atom stereocenters. The van der Waals surface area contributed by atoms with Gasteiger partial charge in [-0.3, -0.25) is 9.48 Å². The van der Waals surface area contributed by atoms with Crippen molar-refractivity contribution >= 4 is 23.7 Å². The average Bonchev–Trinajstić information content (AvgIpc) is 3.23. The van der Waals surface area contributed by atoms with Gasteiger partial charge in [0.15, 0.2) is 17.2 Å². The maximum atomic E-state index is 12.3. The van der Waals surface area contributed by atoms with Crippen LogP contribution in [0.3, 0.4) is 0 Å². The molecule has 0 saturated heterocycles. The van der Waals surface area contributed by atoms with Crippen LogP contribution in [0.25, 0.3) is 0 Å². The SMILES string of the molecule is COc1cc(OC)c(OC)cc1C=NNC(=O)c1ccn(Cc2ccc(Cl)cc2)n1. The molecule has 9 heteroatoms. The second-order valence-electron chi connectivity index (χ2n) is 6.17. The Morgan fingerprint density at radius 2 is 1.73 bits per heavy atom. The highest BCUT2D eigenvalue weighted by Crippen LogP contribution is 2.33. The molecule has 2 aromatic carbocycles. The molecule has 156 valence electrons. The lowest BCUT2D eigenvalue weighted by Gasteiger charge is -2.11. The van der Waals surface area contributed by atoms with Crippen molar-refractivity contribution in [2.45, 2.75) is 6.54 Å². The van der Waals surface area contributed by atoms with E-state index in [0.717, 1.165) is 5.56 Å². The van der Waals surface area contributed by atoms with E-state index in [9.17, 15) is 4.79 Å². The van der Waals surface area contributed by atoms with Crippen molar-refractivity contribution in [3.05, 3.63) is 70.5 Å². The summed E-state index contributed by atoms with van der Waals surface area (Å²) < 4.78 is 17.5. The van der Waals surface area contributed by atoms with E-state index < -0.39 is 5.91 Å². The van der Waals surface area contributed by atoms with Gasteiger partial charge in [0.25, 0.3) is 5.91 Å². The van der Waals surface area contributed by atoms with E-state index in [1.165, 1.54) is 27.5 Å². The van der Waals surface area contributed by atoms with Crippen molar-refractivity contribution in [3.63, 3.8) is 0 Å². The molecule has 0 atom stereocenters. The summed E-state index contributed by atoms with van der Waals surface area (Å²) in [6.45, 7) is 0.524. The Labute approximate surface area is 179 Å². The zero-order chi connectivity index (χ0) is 21.5. The number of ether oxygens (including phenoxy) is 3. The second-order valence-corrected chi connectivity index (χ2v) is 6.61. The van der Waals surface area contributed by atoms with Gasteiger partial charge in [0, 0.05) is 22.8 Å². The molecular weight excluding hydrogens is 408 g/mol. The first-order chi connectivity index (χ1) is 14.5. The number of amides is 1. The number of carbonyl (C=O) groups is 1. The molecule has 1 N–H and O–H groups in total. The highest BCUT2D eigenvalue weighted by Gasteiger charge is 2.12. The molecular formula is C21H21ClN4O4. The minimum atomic E-state index is -0.430. The van der Waals surface area contributed by atoms with E-state index in [1.54, 1.807) is 29.1 Å². The number of aromatic nitrogens is 2. The molecule has 1 amide bonds. The number of hydrogen-bond acceptors (Lipinski definition) is 6. The van der Waals surface area contributed by atoms with Gasteiger partial charge in [0.2, 0.25) is 0 Å². The molecule has 8 nitrogen and oxygen atoms in total. The number of rotatable bonds is 8. The van der Waals surface area contributed by atoms with Crippen molar-refractivity contribution in [1.82, 2.24) is 15.2 Å². The molecule has 0 aliphatic carbocycles. The van der Waals surface area contributed by atoms with Crippen LogP contribution in [0.15, 0.2) is 53.8 Å². The number of benzene rings is 2. The molecule has 30 heavy (non-hydrogen) atoms. The fourth-order valence-electron chi connectivity index (χ4n) is 2.72. The van der Waals surface area contributed by atoms with Crippen molar-refractivity contribution in [3.8, 4) is 17.2 Å². The van der Waals surface area contributed by atoms with Gasteiger partial charge < -0.3 is 14.2 Å². The smallest absolute Gasteiger partial charge is 0.291 e. The zero-order valence-corrected chi connectivity index (χ0v) is 17.5. The summed E-state index contributed by atoms with van der Waals surface area (Å²) in [7, 11) is 4.61. The summed E-state index contributed by atoms with van der Waals surface area (Å²) in [5.41, 5.74) is 4.35. The van der Waals surface area contributed by atoms with E-state index >= 15 is 0 Å². The molecule has 3 aromatic rings. The van der Waals surface area contributed by atoms with Crippen molar-refractivity contribution < 1.29 is 19.0 Å². The number of nitrogens with zero attached hydrogens (tertiary/aromatic N) is 3. The van der Waals surface area contributed by atoms with Crippen LogP contribution in [0.5, 0.6) is 17.2 Å². The number of carbonyl (C=O) groups excluding carboxylic acids is 1. The van der Waals surface area contributed by atoms with Gasteiger partial charge in [-0.2, -0.15) is 10.2 Å². The predicted molar refractivity (Wildman–Crippen MR) is 114 cm³/mol. The third kappa shape index (κ3) is 5.09. The van der Waals surface area contributed by atoms with Gasteiger partial charge in [-0.05, 0) is 29.8 Å². The van der Waals surface area contributed by atoms with Crippen molar-refractivity contribution in [2.24, 2.45) is 5.10 Å². The lowest BCUT2D eigenvalue weighted by molar-refractivity contribution is 0.0949. The van der Waals surface area contributed by atoms with Crippen LogP contribution in [0.4, 0.5) is 0 Å². The van der Waals surface area contributed by atoms with Gasteiger partial charge in [0.05, 0.1) is 34.1 Å². The first-order valence-electron chi connectivity index (χ1n) is 8.95. The molecule has 0 spiro atoms. The highest BCUT2D eigenvalue weighted by molar-refractivity contribution is 6.30. The summed E-state index contributed by atoms with van der Waals surface area (Å²) in [4.78, 5) is 12.3. The van der Waals surface area contributed by atoms with Crippen LogP contribution in [0.1, 0.15) is 21.6 Å². The number of nitrogens with one attached hydrogen (secondary N) is 1. The van der Waals surface area contributed by atoms with Crippen LogP contribution in [-0.2, 0) is 6.54 Å². The van der Waals surface area contributed by atoms with E-state index in [1.807, 2.05) is 24.3 Å². The topological polar surface area (TPSA) is 87.0 Å². The van der Waals surface area contributed by atoms with Crippen LogP contribution in [-0.4, -0.2) is 43.2 Å². The van der Waals surface area contributed by atoms with Gasteiger partial charge in [-0.1, -0.05) is 23.7 Å². The molecule has 0 bridgehead atoms. The highest BCUT2D eigenvalue weighted by atomic mass is 35.5. The minimum absolute atomic E-state index is 0.250. The minimum Gasteiger partial charge on any atom is -0.496 e. The average molecular weight is 429 g/mol. The Morgan fingerprint density at radius 3 is 2.40 bits per heavy atom. The summed E-state index contributed by atoms with van der Waals surface area (Å²) in [5.74, 6) is 1.15. The fraction of sp³-hybridized carbons (Fsp3) is 0.190. The molecule has 0 aliphatic rings. The lowest BCUT2D eigenvalue weighted by Crippen LogP contribution is -2.18. The molecule has 3 rings (SSSR count). The molecule has 0 fully saturated rings. The zero-order valence-electron chi connectivity index (χ0n) is 16.8. The Kier molecular flexibility index (Phi) is 6.92. The molecule has 0 aliphatic heterocycles. The van der Waals surface area contributed by atoms with Gasteiger partial charge in [-0.25, -0.2) is 5.43 Å². The van der Waals surface area contributed by atoms with E-state index in [4.69, 9.17) is 25.8 Å². The quantitative estimate of drug-likeness (QED) is 0.439. The second kappa shape index (κ2) is 9.80. The third-order valence-corrected chi connectivity index (χ3v) is 4.49. The van der Waals surface area contributed by atoms with Gasteiger partial charge >= 0.3 is 0 Å². The standard InChI is InChI=1S/C21H21ClN4O4/c1-28-18-11-20(30-3)19(29-2)10-15(18)12-23-24-21(27)17-8-9-26(25-17)13-14-4-6-16(22)7-5-14/h4-12H,13H2,1-3H3,(H,24,27). The Balaban J connectivity index is 1.66. The van der Waals surface area contributed by atoms with E-state index in [2.05, 4.69) is 15.6 Å². The number of methoxy groups -OCH3 is 3. The predicted octanol–water partition coefficient (Wildman–Crippen LogP) is 3.37. The summed E-state index contributed by atoms with van der Waals surface area (Å²) in [6.07, 6.45) is 3.19. The molecule has 0 radical (unpaired) electrons. The van der Waals surface area contributed by atoms with Crippen LogP contribution >= 0.6 is 11.6 Å². The normalized spacial score (nSPS) is 10.8. The maximum absolute atomic E-state index is 12.3.